The third kappa shape index (κ3) is 4.66. The monoisotopic (exact) mass is 402 g/mol. The number of amides is 2. The van der Waals surface area contributed by atoms with E-state index in [2.05, 4.69) is 15.0 Å². The number of aromatic nitrogens is 1. The number of nitrogens with zero attached hydrogens (tertiary/aromatic N) is 2. The van der Waals surface area contributed by atoms with Gasteiger partial charge >= 0.3 is 6.36 Å². The molecule has 0 aliphatic carbocycles. The van der Waals surface area contributed by atoms with Crippen LogP contribution in [0.15, 0.2) is 18.2 Å². The summed E-state index contributed by atoms with van der Waals surface area (Å²) in [4.78, 5) is 30.3. The number of carbonyl (C=O) groups excluding carboxylic acids is 2. The van der Waals surface area contributed by atoms with Gasteiger partial charge in [-0.3, -0.25) is 9.59 Å². The van der Waals surface area contributed by atoms with Crippen molar-refractivity contribution >= 4 is 38.5 Å². The number of thiazole rings is 1. The first-order valence-corrected chi connectivity index (χ1v) is 9.05. The number of halogens is 3. The zero-order valence-corrected chi connectivity index (χ0v) is 14.9. The van der Waals surface area contributed by atoms with E-state index in [4.69, 9.17) is 5.73 Å². The van der Waals surface area contributed by atoms with Crippen LogP contribution in [0, 0.1) is 0 Å². The first-order valence-electron chi connectivity index (χ1n) is 8.23. The van der Waals surface area contributed by atoms with Crippen LogP contribution in [-0.2, 0) is 9.59 Å². The fourth-order valence-electron chi connectivity index (χ4n) is 2.95. The van der Waals surface area contributed by atoms with Crippen LogP contribution < -0.4 is 15.8 Å². The van der Waals surface area contributed by atoms with Crippen molar-refractivity contribution in [2.75, 3.05) is 18.4 Å². The van der Waals surface area contributed by atoms with Crippen molar-refractivity contribution in [2.24, 2.45) is 5.73 Å². The average Bonchev–Trinajstić information content (AvgIpc) is 3.19. The Bertz CT molecular complexity index is 855. The third-order valence-electron chi connectivity index (χ3n) is 4.06. The number of benzene rings is 1. The Kier molecular flexibility index (Phi) is 5.51. The molecule has 0 saturated carbocycles. The summed E-state index contributed by atoms with van der Waals surface area (Å²) in [5.41, 5.74) is 5.84. The predicted octanol–water partition coefficient (Wildman–Crippen LogP) is 2.47. The maximum absolute atomic E-state index is 12.5. The highest BCUT2D eigenvalue weighted by atomic mass is 32.1. The van der Waals surface area contributed by atoms with E-state index in [0.29, 0.717) is 29.6 Å². The van der Waals surface area contributed by atoms with Gasteiger partial charge in [-0.2, -0.15) is 0 Å². The minimum atomic E-state index is -4.78. The van der Waals surface area contributed by atoms with Gasteiger partial charge in [0.25, 0.3) is 0 Å². The summed E-state index contributed by atoms with van der Waals surface area (Å²) in [6.07, 6.45) is -3.35. The van der Waals surface area contributed by atoms with Crippen molar-refractivity contribution in [3.8, 4) is 5.75 Å². The normalized spacial score (nSPS) is 17.3. The molecule has 0 spiro atoms. The number of alkyl halides is 3. The van der Waals surface area contributed by atoms with Gasteiger partial charge in [0.1, 0.15) is 11.8 Å². The molecule has 2 heterocycles. The molecule has 1 aromatic carbocycles. The molecule has 1 aliphatic heterocycles. The maximum Gasteiger partial charge on any atom is 0.573 e. The van der Waals surface area contributed by atoms with Crippen LogP contribution >= 0.6 is 11.3 Å². The minimum Gasteiger partial charge on any atom is -0.406 e. The molecule has 1 atom stereocenters. The van der Waals surface area contributed by atoms with Crippen LogP contribution in [0.1, 0.15) is 19.3 Å². The van der Waals surface area contributed by atoms with E-state index in [-0.39, 0.29) is 35.7 Å². The fraction of sp³-hybridized carbons (Fsp3) is 0.438. The van der Waals surface area contributed by atoms with Gasteiger partial charge in [0.05, 0.1) is 10.2 Å². The van der Waals surface area contributed by atoms with Crippen LogP contribution in [0.2, 0.25) is 0 Å². The van der Waals surface area contributed by atoms with Gasteiger partial charge in [0.2, 0.25) is 11.8 Å². The lowest BCUT2D eigenvalue weighted by molar-refractivity contribution is -0.274. The molecule has 0 bridgehead atoms. The molecule has 1 fully saturated rings. The second kappa shape index (κ2) is 7.69. The molecule has 11 heteroatoms. The van der Waals surface area contributed by atoms with Crippen molar-refractivity contribution in [2.45, 2.75) is 31.7 Å². The number of anilines is 1. The van der Waals surface area contributed by atoms with Crippen molar-refractivity contribution in [1.29, 1.82) is 0 Å². The summed E-state index contributed by atoms with van der Waals surface area (Å²) >= 11 is 1.03. The molecule has 0 radical (unpaired) electrons. The molecular weight excluding hydrogens is 385 g/mol. The highest BCUT2D eigenvalue weighted by Gasteiger charge is 2.34. The lowest BCUT2D eigenvalue weighted by atomic mass is 10.2. The SMILES string of the molecule is NCCC(=O)N1CCCC1C(=O)Nc1nc2ccc(OC(F)(F)F)cc2s1. The zero-order valence-electron chi connectivity index (χ0n) is 14.1. The molecule has 1 saturated heterocycles. The van der Waals surface area contributed by atoms with Gasteiger partial charge in [-0.1, -0.05) is 11.3 Å². The number of hydrogen-bond donors (Lipinski definition) is 2. The Balaban J connectivity index is 1.72. The van der Waals surface area contributed by atoms with Gasteiger partial charge in [-0.05, 0) is 25.0 Å². The highest BCUT2D eigenvalue weighted by molar-refractivity contribution is 7.22. The van der Waals surface area contributed by atoms with Gasteiger partial charge in [0, 0.05) is 25.6 Å². The van der Waals surface area contributed by atoms with Crippen LogP contribution in [0.3, 0.4) is 0 Å². The average molecular weight is 402 g/mol. The summed E-state index contributed by atoms with van der Waals surface area (Å²) in [6.45, 7) is 0.707. The van der Waals surface area contributed by atoms with E-state index in [1.807, 2.05) is 0 Å². The quantitative estimate of drug-likeness (QED) is 0.801. The van der Waals surface area contributed by atoms with Crippen LogP contribution in [0.25, 0.3) is 10.2 Å². The zero-order chi connectivity index (χ0) is 19.6. The Morgan fingerprint density at radius 2 is 2.19 bits per heavy atom. The van der Waals surface area contributed by atoms with E-state index in [1.54, 1.807) is 0 Å². The summed E-state index contributed by atoms with van der Waals surface area (Å²) in [5, 5.41) is 2.90. The number of nitrogens with one attached hydrogen (secondary N) is 1. The number of carbonyl (C=O) groups is 2. The number of likely N-dealkylation sites (tertiary alicyclic amines) is 1. The Hall–Kier alpha value is -2.40. The van der Waals surface area contributed by atoms with E-state index < -0.39 is 12.4 Å². The van der Waals surface area contributed by atoms with Crippen molar-refractivity contribution in [1.82, 2.24) is 9.88 Å². The molecule has 3 rings (SSSR count). The Labute approximate surface area is 156 Å². The van der Waals surface area contributed by atoms with E-state index >= 15 is 0 Å². The first-order chi connectivity index (χ1) is 12.8. The minimum absolute atomic E-state index is 0.173. The molecule has 27 heavy (non-hydrogen) atoms. The van der Waals surface area contributed by atoms with Gasteiger partial charge in [-0.25, -0.2) is 4.98 Å². The molecule has 7 nitrogen and oxygen atoms in total. The van der Waals surface area contributed by atoms with E-state index in [1.165, 1.54) is 17.0 Å². The lowest BCUT2D eigenvalue weighted by Crippen LogP contribution is -2.43. The number of rotatable bonds is 5. The highest BCUT2D eigenvalue weighted by Crippen LogP contribution is 2.32. The molecule has 3 N–H and O–H groups in total. The maximum atomic E-state index is 12.5. The second-order valence-corrected chi connectivity index (χ2v) is 7.00. The molecular formula is C16H17F3N4O3S. The van der Waals surface area contributed by atoms with Gasteiger partial charge in [0.15, 0.2) is 5.13 Å². The van der Waals surface area contributed by atoms with Crippen LogP contribution in [0.4, 0.5) is 18.3 Å². The number of ether oxygens (including phenoxy) is 1. The fourth-order valence-corrected chi connectivity index (χ4v) is 3.85. The first kappa shape index (κ1) is 19.4. The van der Waals surface area contributed by atoms with Crippen molar-refractivity contribution in [3.05, 3.63) is 18.2 Å². The third-order valence-corrected chi connectivity index (χ3v) is 4.99. The summed E-state index contributed by atoms with van der Waals surface area (Å²) in [5.74, 6) is -0.900. The standard InChI is InChI=1S/C16H17F3N4O3S/c17-16(18,19)26-9-3-4-10-12(8-9)27-15(21-10)22-14(25)11-2-1-7-23(11)13(24)5-6-20/h3-4,8,11H,1-2,5-7,20H2,(H,21,22,25). The van der Waals surface area contributed by atoms with Gasteiger partial charge < -0.3 is 20.7 Å². The largest absolute Gasteiger partial charge is 0.573 e. The molecule has 2 aromatic rings. The topological polar surface area (TPSA) is 97.6 Å². The number of nitrogens with two attached hydrogens (primary N) is 1. The van der Waals surface area contributed by atoms with E-state index in [9.17, 15) is 22.8 Å². The van der Waals surface area contributed by atoms with Gasteiger partial charge in [-0.15, -0.1) is 13.2 Å². The molecule has 1 aliphatic rings. The smallest absolute Gasteiger partial charge is 0.406 e. The molecule has 1 unspecified atom stereocenters. The molecule has 1 aromatic heterocycles. The van der Waals surface area contributed by atoms with Crippen molar-refractivity contribution < 1.29 is 27.5 Å². The summed E-state index contributed by atoms with van der Waals surface area (Å²) in [7, 11) is 0. The van der Waals surface area contributed by atoms with Crippen LogP contribution in [-0.4, -0.2) is 47.2 Å². The lowest BCUT2D eigenvalue weighted by Gasteiger charge is -2.23. The second-order valence-electron chi connectivity index (χ2n) is 5.97. The number of hydrogen-bond acceptors (Lipinski definition) is 6. The summed E-state index contributed by atoms with van der Waals surface area (Å²) in [6, 6.07) is 3.16. The van der Waals surface area contributed by atoms with Crippen molar-refractivity contribution in [3.63, 3.8) is 0 Å². The van der Waals surface area contributed by atoms with E-state index in [0.717, 1.165) is 17.4 Å². The Morgan fingerprint density at radius 3 is 2.89 bits per heavy atom. The predicted molar refractivity (Wildman–Crippen MR) is 93.3 cm³/mol. The number of fused-ring (bicyclic) bond motifs is 1. The Morgan fingerprint density at radius 1 is 1.41 bits per heavy atom. The summed E-state index contributed by atoms with van der Waals surface area (Å²) < 4.78 is 41.3. The van der Waals surface area contributed by atoms with Crippen LogP contribution in [0.5, 0.6) is 5.75 Å². The molecule has 2 amide bonds. The molecule has 146 valence electrons.